The lowest BCUT2D eigenvalue weighted by molar-refractivity contribution is 0.0553. The predicted octanol–water partition coefficient (Wildman–Crippen LogP) is 2.21. The summed E-state index contributed by atoms with van der Waals surface area (Å²) in [4.78, 5) is 24.0. The summed E-state index contributed by atoms with van der Waals surface area (Å²) in [5.41, 5.74) is 3.03. The normalized spacial score (nSPS) is 10.7. The number of hydrogen-bond donors (Lipinski definition) is 1. The maximum Gasteiger partial charge on any atom is 0.356 e. The molecule has 7 heteroatoms. The molecule has 3 aromatic rings. The molecule has 0 radical (unpaired) electrons. The van der Waals surface area contributed by atoms with E-state index in [9.17, 15) is 9.59 Å². The van der Waals surface area contributed by atoms with Crippen molar-refractivity contribution in [2.45, 2.75) is 6.92 Å². The summed E-state index contributed by atoms with van der Waals surface area (Å²) >= 11 is 0. The van der Waals surface area contributed by atoms with Crippen molar-refractivity contribution < 1.29 is 19.1 Å². The molecule has 0 amide bonds. The van der Waals surface area contributed by atoms with Gasteiger partial charge in [0, 0.05) is 11.1 Å². The van der Waals surface area contributed by atoms with Gasteiger partial charge < -0.3 is 9.47 Å². The van der Waals surface area contributed by atoms with Crippen LogP contribution in [0.15, 0.2) is 30.3 Å². The topological polar surface area (TPSA) is 85.7 Å². The summed E-state index contributed by atoms with van der Waals surface area (Å²) in [6, 6.07) is 9.57. The van der Waals surface area contributed by atoms with Gasteiger partial charge in [0.05, 0.1) is 19.9 Å². The second-order valence-corrected chi connectivity index (χ2v) is 4.95. The minimum absolute atomic E-state index is 0.0181. The summed E-state index contributed by atoms with van der Waals surface area (Å²) in [7, 11) is 2.51. The fourth-order valence-corrected chi connectivity index (χ4v) is 2.57. The van der Waals surface area contributed by atoms with Crippen LogP contribution in [-0.4, -0.2) is 41.0 Å². The number of ether oxygens (including phenoxy) is 2. The molecule has 1 N–H and O–H groups in total. The van der Waals surface area contributed by atoms with Gasteiger partial charge in [-0.3, -0.25) is 5.10 Å². The number of esters is 2. The lowest BCUT2D eigenvalue weighted by Crippen LogP contribution is -2.11. The summed E-state index contributed by atoms with van der Waals surface area (Å²) in [6.07, 6.45) is 0. The predicted molar refractivity (Wildman–Crippen MR) is 82.4 cm³/mol. The number of benzene rings is 1. The number of fused-ring (bicyclic) bond motifs is 1. The standard InChI is InChI=1S/C16H15N3O4/c1-9-12(10-7-5-4-6-8-10)17-19-14(9)11(15(20)22-2)13(18-19)16(21)23-3/h4-8,18H,1-3H3. The Hall–Kier alpha value is -3.09. The number of rotatable bonds is 3. The highest BCUT2D eigenvalue weighted by molar-refractivity contribution is 6.08. The second kappa shape index (κ2) is 5.60. The van der Waals surface area contributed by atoms with Crippen molar-refractivity contribution in [1.82, 2.24) is 14.8 Å². The first-order valence-corrected chi connectivity index (χ1v) is 6.91. The first-order valence-electron chi connectivity index (χ1n) is 6.91. The van der Waals surface area contributed by atoms with E-state index >= 15 is 0 Å². The Balaban J connectivity index is 2.29. The fourth-order valence-electron chi connectivity index (χ4n) is 2.57. The Labute approximate surface area is 131 Å². The van der Waals surface area contributed by atoms with E-state index in [1.807, 2.05) is 37.3 Å². The van der Waals surface area contributed by atoms with Crippen LogP contribution in [0.5, 0.6) is 0 Å². The molecule has 0 aliphatic rings. The Kier molecular flexibility index (Phi) is 3.61. The zero-order chi connectivity index (χ0) is 16.6. The zero-order valence-electron chi connectivity index (χ0n) is 12.9. The first-order chi connectivity index (χ1) is 11.1. The number of aromatic nitrogens is 3. The molecule has 7 nitrogen and oxygen atoms in total. The number of carbonyl (C=O) groups is 2. The largest absolute Gasteiger partial charge is 0.465 e. The second-order valence-electron chi connectivity index (χ2n) is 4.95. The molecule has 0 fully saturated rings. The van der Waals surface area contributed by atoms with E-state index < -0.39 is 11.9 Å². The Morgan fingerprint density at radius 3 is 2.35 bits per heavy atom. The van der Waals surface area contributed by atoms with Crippen LogP contribution in [0.2, 0.25) is 0 Å². The van der Waals surface area contributed by atoms with Gasteiger partial charge in [0.2, 0.25) is 0 Å². The number of carbonyl (C=O) groups excluding carboxylic acids is 2. The van der Waals surface area contributed by atoms with Crippen LogP contribution in [-0.2, 0) is 9.47 Å². The molecule has 2 heterocycles. The molecule has 3 rings (SSSR count). The van der Waals surface area contributed by atoms with E-state index in [4.69, 9.17) is 9.47 Å². The van der Waals surface area contributed by atoms with E-state index in [0.29, 0.717) is 5.52 Å². The number of aromatic amines is 1. The number of aryl methyl sites for hydroxylation is 1. The van der Waals surface area contributed by atoms with E-state index in [1.54, 1.807) is 0 Å². The maximum absolute atomic E-state index is 12.1. The Morgan fingerprint density at radius 2 is 1.74 bits per heavy atom. The van der Waals surface area contributed by atoms with E-state index in [2.05, 4.69) is 10.2 Å². The van der Waals surface area contributed by atoms with Crippen molar-refractivity contribution >= 4 is 17.5 Å². The van der Waals surface area contributed by atoms with Gasteiger partial charge in [-0.1, -0.05) is 30.3 Å². The molecular weight excluding hydrogens is 298 g/mol. The van der Waals surface area contributed by atoms with Gasteiger partial charge in [-0.2, -0.15) is 9.73 Å². The molecule has 0 bridgehead atoms. The van der Waals surface area contributed by atoms with E-state index in [-0.39, 0.29) is 11.3 Å². The number of hydrogen-bond acceptors (Lipinski definition) is 5. The van der Waals surface area contributed by atoms with Gasteiger partial charge in [0.15, 0.2) is 5.69 Å². The molecular formula is C16H15N3O4. The van der Waals surface area contributed by atoms with Crippen LogP contribution in [0.4, 0.5) is 0 Å². The van der Waals surface area contributed by atoms with Crippen LogP contribution in [0.25, 0.3) is 16.8 Å². The molecule has 0 unspecified atom stereocenters. The van der Waals surface area contributed by atoms with Gasteiger partial charge in [-0.15, -0.1) is 0 Å². The molecule has 0 saturated heterocycles. The van der Waals surface area contributed by atoms with Gasteiger partial charge in [0.1, 0.15) is 11.1 Å². The number of methoxy groups -OCH3 is 2. The summed E-state index contributed by atoms with van der Waals surface area (Å²) < 4.78 is 10.9. The maximum atomic E-state index is 12.1. The van der Waals surface area contributed by atoms with Crippen molar-refractivity contribution in [3.63, 3.8) is 0 Å². The van der Waals surface area contributed by atoms with Crippen molar-refractivity contribution in [3.8, 4) is 11.3 Å². The highest BCUT2D eigenvalue weighted by Crippen LogP contribution is 2.29. The molecule has 2 aromatic heterocycles. The van der Waals surface area contributed by atoms with Gasteiger partial charge >= 0.3 is 11.9 Å². The minimum Gasteiger partial charge on any atom is -0.465 e. The fraction of sp³-hybridized carbons (Fsp3) is 0.188. The van der Waals surface area contributed by atoms with Crippen LogP contribution >= 0.6 is 0 Å². The molecule has 0 aliphatic carbocycles. The number of nitrogens with one attached hydrogen (secondary N) is 1. The third kappa shape index (κ3) is 2.26. The smallest absolute Gasteiger partial charge is 0.356 e. The van der Waals surface area contributed by atoms with Crippen molar-refractivity contribution in [2.75, 3.05) is 14.2 Å². The Morgan fingerprint density at radius 1 is 1.09 bits per heavy atom. The molecule has 0 aliphatic heterocycles. The highest BCUT2D eigenvalue weighted by Gasteiger charge is 2.28. The van der Waals surface area contributed by atoms with Crippen molar-refractivity contribution in [3.05, 3.63) is 47.2 Å². The first kappa shape index (κ1) is 14.8. The third-order valence-corrected chi connectivity index (χ3v) is 3.65. The lowest BCUT2D eigenvalue weighted by Gasteiger charge is -2.02. The third-order valence-electron chi connectivity index (χ3n) is 3.65. The minimum atomic E-state index is -0.656. The zero-order valence-corrected chi connectivity index (χ0v) is 12.9. The molecule has 0 atom stereocenters. The monoisotopic (exact) mass is 313 g/mol. The molecule has 23 heavy (non-hydrogen) atoms. The molecule has 1 aromatic carbocycles. The highest BCUT2D eigenvalue weighted by atomic mass is 16.5. The quantitative estimate of drug-likeness (QED) is 0.749. The van der Waals surface area contributed by atoms with Gasteiger partial charge in [0.25, 0.3) is 0 Å². The van der Waals surface area contributed by atoms with Crippen LogP contribution in [0.1, 0.15) is 26.4 Å². The van der Waals surface area contributed by atoms with Crippen LogP contribution < -0.4 is 0 Å². The van der Waals surface area contributed by atoms with Gasteiger partial charge in [-0.05, 0) is 6.92 Å². The summed E-state index contributed by atoms with van der Waals surface area (Å²) in [5.74, 6) is -1.28. The Bertz CT molecular complexity index is 893. The van der Waals surface area contributed by atoms with E-state index in [1.165, 1.54) is 18.8 Å². The average Bonchev–Trinajstić information content (AvgIpc) is 3.11. The lowest BCUT2D eigenvalue weighted by atomic mass is 10.1. The number of H-pyrrole nitrogens is 1. The molecule has 118 valence electrons. The van der Waals surface area contributed by atoms with E-state index in [0.717, 1.165) is 16.8 Å². The molecule has 0 saturated carbocycles. The average molecular weight is 313 g/mol. The van der Waals surface area contributed by atoms with Crippen molar-refractivity contribution in [1.29, 1.82) is 0 Å². The van der Waals surface area contributed by atoms with Crippen molar-refractivity contribution in [2.24, 2.45) is 0 Å². The summed E-state index contributed by atoms with van der Waals surface area (Å²) in [5, 5.41) is 7.23. The number of nitrogens with zero attached hydrogens (tertiary/aromatic N) is 2. The van der Waals surface area contributed by atoms with Crippen LogP contribution in [0.3, 0.4) is 0 Å². The van der Waals surface area contributed by atoms with Crippen LogP contribution in [0, 0.1) is 6.92 Å². The van der Waals surface area contributed by atoms with Gasteiger partial charge in [-0.25, -0.2) is 9.59 Å². The summed E-state index contributed by atoms with van der Waals surface area (Å²) in [6.45, 7) is 1.84. The molecule has 0 spiro atoms. The SMILES string of the molecule is COC(=O)c1[nH]n2nc(-c3ccccc3)c(C)c2c1C(=O)OC.